The van der Waals surface area contributed by atoms with Gasteiger partial charge in [0.05, 0.1) is 41.9 Å². The zero-order valence-corrected chi connectivity index (χ0v) is 32.5. The van der Waals surface area contributed by atoms with E-state index in [2.05, 4.69) is 25.9 Å². The van der Waals surface area contributed by atoms with Crippen LogP contribution in [0.4, 0.5) is 29.2 Å². The lowest BCUT2D eigenvalue weighted by Gasteiger charge is -2.37. The van der Waals surface area contributed by atoms with Gasteiger partial charge in [0, 0.05) is 68.9 Å². The molecular weight excluding hydrogens is 730 g/mol. The van der Waals surface area contributed by atoms with Gasteiger partial charge in [-0.25, -0.2) is 36.9 Å². The second kappa shape index (κ2) is 15.6. The SMILES string of the molecule is COCc1cc(NC2CCC(F)(F)CC2)nc(-n2nc(C)c(C3CC(Nc4cc(C(O)Cc5cnn(C)n5)cc(-n5nc(C)cc5C)n4)CCC3(F)F)c2C)c1. The summed E-state index contributed by atoms with van der Waals surface area (Å²) in [4.78, 5) is 11.0. The molecule has 5 heterocycles. The number of aliphatic hydroxyl groups excluding tert-OH is 1. The van der Waals surface area contributed by atoms with E-state index in [0.29, 0.717) is 64.3 Å². The van der Waals surface area contributed by atoms with Crippen LogP contribution in [0, 0.1) is 27.7 Å². The highest BCUT2D eigenvalue weighted by atomic mass is 19.3. The zero-order valence-electron chi connectivity index (χ0n) is 32.5. The second-order valence-corrected chi connectivity index (χ2v) is 15.4. The number of aromatic nitrogens is 9. The summed E-state index contributed by atoms with van der Waals surface area (Å²) >= 11 is 0. The Bertz CT molecular complexity index is 2170. The average Bonchev–Trinajstić information content (AvgIpc) is 3.80. The molecular formula is C39H49F4N11O2. The van der Waals surface area contributed by atoms with E-state index in [1.807, 2.05) is 26.0 Å². The molecule has 0 amide bonds. The standard InChI is InChI=1S/C39H49F4N11O2/c1-22-13-23(2)53(49-22)36-17-27(32(55)19-30-20-44-52(5)51-30)16-34(48-36)46-29-9-12-39(42,43)31(18-29)37-24(3)50-54(25(37)4)35-15-26(21-56-6)14-33(47-35)45-28-7-10-38(40,41)11-8-28/h13-17,20,28-29,31-32,55H,7-12,18-19,21H2,1-6H3,(H,45,47)(H,46,48). The van der Waals surface area contributed by atoms with Crippen molar-refractivity contribution in [1.29, 1.82) is 0 Å². The number of pyridine rings is 2. The van der Waals surface area contributed by atoms with Crippen LogP contribution in [0.25, 0.3) is 11.6 Å². The average molecular weight is 780 g/mol. The van der Waals surface area contributed by atoms with Crippen molar-refractivity contribution in [3.8, 4) is 11.6 Å². The summed E-state index contributed by atoms with van der Waals surface area (Å²) in [6.45, 7) is 7.57. The van der Waals surface area contributed by atoms with E-state index < -0.39 is 23.9 Å². The van der Waals surface area contributed by atoms with Gasteiger partial charge in [-0.15, -0.1) is 0 Å². The summed E-state index contributed by atoms with van der Waals surface area (Å²) in [6.07, 6.45) is 1.05. The lowest BCUT2D eigenvalue weighted by Crippen LogP contribution is -2.39. The van der Waals surface area contributed by atoms with Crippen molar-refractivity contribution in [1.82, 2.24) is 44.5 Å². The first-order chi connectivity index (χ1) is 26.6. The van der Waals surface area contributed by atoms with Crippen molar-refractivity contribution in [2.45, 2.75) is 122 Å². The van der Waals surface area contributed by atoms with Gasteiger partial charge < -0.3 is 20.5 Å². The van der Waals surface area contributed by atoms with E-state index in [1.54, 1.807) is 61.8 Å². The first-order valence-corrected chi connectivity index (χ1v) is 19.0. The third-order valence-corrected chi connectivity index (χ3v) is 10.9. The van der Waals surface area contributed by atoms with Gasteiger partial charge in [-0.05, 0) is 94.8 Å². The number of methoxy groups -OCH3 is 1. The third kappa shape index (κ3) is 8.57. The Morgan fingerprint density at radius 3 is 2.20 bits per heavy atom. The van der Waals surface area contributed by atoms with Crippen LogP contribution in [0.5, 0.6) is 0 Å². The van der Waals surface area contributed by atoms with Gasteiger partial charge in [-0.1, -0.05) is 0 Å². The lowest BCUT2D eigenvalue weighted by atomic mass is 9.77. The number of aliphatic hydroxyl groups is 1. The predicted octanol–water partition coefficient (Wildman–Crippen LogP) is 7.01. The Kier molecular flexibility index (Phi) is 10.9. The minimum atomic E-state index is -3.01. The Morgan fingerprint density at radius 2 is 1.54 bits per heavy atom. The quantitative estimate of drug-likeness (QED) is 0.113. The number of halogens is 4. The molecule has 0 bridgehead atoms. The molecule has 3 unspecified atom stereocenters. The Labute approximate surface area is 322 Å². The molecule has 2 saturated carbocycles. The molecule has 0 spiro atoms. The summed E-state index contributed by atoms with van der Waals surface area (Å²) in [7, 11) is 3.28. The maximum atomic E-state index is 16.1. The smallest absolute Gasteiger partial charge is 0.255 e. The molecule has 300 valence electrons. The van der Waals surface area contributed by atoms with E-state index in [0.717, 1.165) is 17.0 Å². The highest BCUT2D eigenvalue weighted by molar-refractivity contribution is 5.48. The molecule has 7 rings (SSSR count). The van der Waals surface area contributed by atoms with Crippen LogP contribution < -0.4 is 10.6 Å². The Morgan fingerprint density at radius 1 is 0.857 bits per heavy atom. The molecule has 5 aromatic rings. The van der Waals surface area contributed by atoms with Crippen LogP contribution in [0.15, 0.2) is 36.5 Å². The molecule has 56 heavy (non-hydrogen) atoms. The molecule has 5 aromatic heterocycles. The van der Waals surface area contributed by atoms with Crippen LogP contribution in [0.2, 0.25) is 0 Å². The Balaban J connectivity index is 1.16. The van der Waals surface area contributed by atoms with Crippen LogP contribution in [-0.4, -0.2) is 80.7 Å². The Hall–Kier alpha value is -4.90. The molecule has 0 aliphatic heterocycles. The van der Waals surface area contributed by atoms with E-state index in [-0.39, 0.29) is 57.2 Å². The number of rotatable bonds is 12. The first-order valence-electron chi connectivity index (χ1n) is 19.0. The maximum absolute atomic E-state index is 16.1. The van der Waals surface area contributed by atoms with Crippen molar-refractivity contribution < 1.29 is 27.4 Å². The fourth-order valence-electron chi connectivity index (χ4n) is 8.13. The molecule has 0 saturated heterocycles. The minimum Gasteiger partial charge on any atom is -0.388 e. The molecule has 2 fully saturated rings. The number of ether oxygens (including phenoxy) is 1. The van der Waals surface area contributed by atoms with Crippen molar-refractivity contribution in [3.63, 3.8) is 0 Å². The van der Waals surface area contributed by atoms with E-state index in [1.165, 1.54) is 4.80 Å². The van der Waals surface area contributed by atoms with Crippen LogP contribution in [-0.2, 0) is 24.8 Å². The fraction of sp³-hybridized carbons (Fsp3) is 0.538. The molecule has 13 nitrogen and oxygen atoms in total. The van der Waals surface area contributed by atoms with E-state index >= 15 is 8.78 Å². The maximum Gasteiger partial charge on any atom is 0.255 e. The van der Waals surface area contributed by atoms with Crippen molar-refractivity contribution >= 4 is 11.6 Å². The van der Waals surface area contributed by atoms with Gasteiger partial charge in [0.15, 0.2) is 11.6 Å². The summed E-state index contributed by atoms with van der Waals surface area (Å²) in [6, 6.07) is 8.51. The summed E-state index contributed by atoms with van der Waals surface area (Å²) in [5, 5.41) is 35.8. The summed E-state index contributed by atoms with van der Waals surface area (Å²) in [5.41, 5.74) is 5.08. The molecule has 0 aromatic carbocycles. The normalized spacial score (nSPS) is 20.3. The fourth-order valence-corrected chi connectivity index (χ4v) is 8.13. The second-order valence-electron chi connectivity index (χ2n) is 15.4. The number of nitrogens with zero attached hydrogens (tertiary/aromatic N) is 9. The van der Waals surface area contributed by atoms with Crippen LogP contribution in [0.1, 0.15) is 102 Å². The third-order valence-electron chi connectivity index (χ3n) is 10.9. The first kappa shape index (κ1) is 39.3. The molecule has 0 radical (unpaired) electrons. The predicted molar refractivity (Wildman–Crippen MR) is 202 cm³/mol. The highest BCUT2D eigenvalue weighted by Gasteiger charge is 2.47. The molecule has 17 heteroatoms. The monoisotopic (exact) mass is 779 g/mol. The molecule has 2 aliphatic rings. The van der Waals surface area contributed by atoms with Crippen molar-refractivity contribution in [3.05, 3.63) is 81.7 Å². The van der Waals surface area contributed by atoms with Gasteiger partial charge >= 0.3 is 0 Å². The van der Waals surface area contributed by atoms with Crippen molar-refractivity contribution in [2.24, 2.45) is 7.05 Å². The van der Waals surface area contributed by atoms with Crippen LogP contribution in [0.3, 0.4) is 0 Å². The summed E-state index contributed by atoms with van der Waals surface area (Å²) < 4.78 is 68.5. The number of hydrogen-bond acceptors (Lipinski definition) is 10. The number of anilines is 2. The minimum absolute atomic E-state index is 0.0972. The lowest BCUT2D eigenvalue weighted by molar-refractivity contribution is -0.0575. The molecule has 2 aliphatic carbocycles. The van der Waals surface area contributed by atoms with E-state index in [4.69, 9.17) is 19.8 Å². The number of nitrogens with one attached hydrogen (secondary N) is 2. The van der Waals surface area contributed by atoms with Gasteiger partial charge in [0.1, 0.15) is 11.6 Å². The number of alkyl halides is 4. The zero-order chi connectivity index (χ0) is 39.9. The van der Waals surface area contributed by atoms with Gasteiger partial charge in [0.2, 0.25) is 5.92 Å². The molecule has 3 N–H and O–H groups in total. The van der Waals surface area contributed by atoms with E-state index in [9.17, 15) is 13.9 Å². The summed E-state index contributed by atoms with van der Waals surface area (Å²) in [5.74, 6) is -5.01. The van der Waals surface area contributed by atoms with Crippen molar-refractivity contribution in [2.75, 3.05) is 17.7 Å². The topological polar surface area (TPSA) is 146 Å². The largest absolute Gasteiger partial charge is 0.388 e. The molecule has 3 atom stereocenters. The van der Waals surface area contributed by atoms with Crippen LogP contribution >= 0.6 is 0 Å². The van der Waals surface area contributed by atoms with Gasteiger partial charge in [0.25, 0.3) is 5.92 Å². The number of aryl methyl sites for hydroxylation is 4. The number of hydrogen-bond donors (Lipinski definition) is 3. The highest BCUT2D eigenvalue weighted by Crippen LogP contribution is 2.47. The van der Waals surface area contributed by atoms with Gasteiger partial charge in [-0.2, -0.15) is 25.2 Å². The van der Waals surface area contributed by atoms with Gasteiger partial charge in [-0.3, -0.25) is 0 Å².